The highest BCUT2D eigenvalue weighted by atomic mass is 32.2. The summed E-state index contributed by atoms with van der Waals surface area (Å²) in [4.78, 5) is 13.8. The molecule has 4 heteroatoms. The molecule has 1 aliphatic heterocycles. The lowest BCUT2D eigenvalue weighted by Crippen LogP contribution is -2.09. The van der Waals surface area contributed by atoms with Crippen molar-refractivity contribution in [2.45, 2.75) is 26.3 Å². The highest BCUT2D eigenvalue weighted by molar-refractivity contribution is 8.01. The fourth-order valence-electron chi connectivity index (χ4n) is 2.20. The van der Waals surface area contributed by atoms with Crippen LogP contribution in [-0.2, 0) is 0 Å². The van der Waals surface area contributed by atoms with Crippen molar-refractivity contribution < 1.29 is 0 Å². The molecule has 3 nitrogen and oxygen atoms in total. The lowest BCUT2D eigenvalue weighted by Gasteiger charge is -2.12. The fourth-order valence-corrected chi connectivity index (χ4v) is 2.66. The quantitative estimate of drug-likeness (QED) is 0.802. The van der Waals surface area contributed by atoms with Gasteiger partial charge in [0.05, 0.1) is 17.4 Å². The molecular formula is C18H21N3S. The number of nitrogens with zero attached hydrogens (tertiary/aromatic N) is 3. The molecule has 0 radical (unpaired) electrons. The monoisotopic (exact) mass is 311 g/mol. The van der Waals surface area contributed by atoms with Gasteiger partial charge in [-0.15, -0.1) is 11.8 Å². The summed E-state index contributed by atoms with van der Waals surface area (Å²) in [6.07, 6.45) is 8.49. The van der Waals surface area contributed by atoms with E-state index < -0.39 is 0 Å². The van der Waals surface area contributed by atoms with E-state index >= 15 is 0 Å². The summed E-state index contributed by atoms with van der Waals surface area (Å²) >= 11 is 1.65. The molecule has 1 atom stereocenters. The van der Waals surface area contributed by atoms with Crippen molar-refractivity contribution in [3.8, 4) is 0 Å². The highest BCUT2D eigenvalue weighted by Gasteiger charge is 2.11. The van der Waals surface area contributed by atoms with Gasteiger partial charge in [-0.25, -0.2) is 0 Å². The van der Waals surface area contributed by atoms with Crippen LogP contribution in [0, 0.1) is 0 Å². The zero-order valence-corrected chi connectivity index (χ0v) is 14.0. The number of hydrogen-bond acceptors (Lipinski definition) is 4. The lowest BCUT2D eigenvalue weighted by atomic mass is 10.1. The van der Waals surface area contributed by atoms with Crippen molar-refractivity contribution in [1.29, 1.82) is 0 Å². The van der Waals surface area contributed by atoms with E-state index in [4.69, 9.17) is 4.99 Å². The molecule has 0 aromatic heterocycles. The Balaban J connectivity index is 2.43. The molecule has 114 valence electrons. The predicted molar refractivity (Wildman–Crippen MR) is 100 cm³/mol. The molecule has 0 spiro atoms. The van der Waals surface area contributed by atoms with Gasteiger partial charge < -0.3 is 0 Å². The molecule has 1 aromatic carbocycles. The zero-order chi connectivity index (χ0) is 15.8. The number of rotatable bonds is 3. The Morgan fingerprint density at radius 3 is 2.55 bits per heavy atom. The van der Waals surface area contributed by atoms with Gasteiger partial charge in [-0.2, -0.15) is 0 Å². The minimum Gasteiger partial charge on any atom is -0.280 e. The third-order valence-electron chi connectivity index (χ3n) is 3.25. The summed E-state index contributed by atoms with van der Waals surface area (Å²) in [6.45, 7) is 4.15. The summed E-state index contributed by atoms with van der Waals surface area (Å²) < 4.78 is 0. The average Bonchev–Trinajstić information content (AvgIpc) is 2.55. The van der Waals surface area contributed by atoms with Crippen LogP contribution < -0.4 is 0 Å². The second-order valence-corrected chi connectivity index (χ2v) is 5.63. The molecule has 22 heavy (non-hydrogen) atoms. The van der Waals surface area contributed by atoms with Crippen LogP contribution in [0.25, 0.3) is 5.70 Å². The van der Waals surface area contributed by atoms with Gasteiger partial charge in [0, 0.05) is 23.7 Å². The summed E-state index contributed by atoms with van der Waals surface area (Å²) in [6, 6.07) is 10.2. The van der Waals surface area contributed by atoms with Crippen LogP contribution in [0.1, 0.15) is 25.8 Å². The van der Waals surface area contributed by atoms with E-state index in [2.05, 4.69) is 34.4 Å². The normalized spacial score (nSPS) is 28.3. The van der Waals surface area contributed by atoms with Gasteiger partial charge in [-0.3, -0.25) is 15.0 Å². The van der Waals surface area contributed by atoms with Crippen LogP contribution in [0.2, 0.25) is 0 Å². The van der Waals surface area contributed by atoms with Crippen molar-refractivity contribution in [2.24, 2.45) is 15.0 Å². The molecule has 0 saturated heterocycles. The van der Waals surface area contributed by atoms with E-state index in [0.29, 0.717) is 0 Å². The molecule has 0 bridgehead atoms. The van der Waals surface area contributed by atoms with Gasteiger partial charge in [-0.1, -0.05) is 37.3 Å². The van der Waals surface area contributed by atoms with Crippen LogP contribution in [0.15, 0.2) is 62.5 Å². The first-order valence-electron chi connectivity index (χ1n) is 7.35. The first-order chi connectivity index (χ1) is 10.7. The molecule has 1 aliphatic rings. The Morgan fingerprint density at radius 1 is 1.14 bits per heavy atom. The van der Waals surface area contributed by atoms with Gasteiger partial charge in [0.15, 0.2) is 0 Å². The highest BCUT2D eigenvalue weighted by Crippen LogP contribution is 2.19. The topological polar surface area (TPSA) is 37.1 Å². The fraction of sp³-hybridized carbons (Fsp3) is 0.278. The number of allylic oxidation sites excluding steroid dienone is 1. The molecular weight excluding hydrogens is 290 g/mol. The van der Waals surface area contributed by atoms with Crippen molar-refractivity contribution in [2.75, 3.05) is 6.26 Å². The number of benzene rings is 1. The minimum atomic E-state index is 0.0865. The molecule has 0 aliphatic carbocycles. The van der Waals surface area contributed by atoms with Gasteiger partial charge in [0.1, 0.15) is 0 Å². The van der Waals surface area contributed by atoms with Gasteiger partial charge in [0.25, 0.3) is 0 Å². The van der Waals surface area contributed by atoms with E-state index in [0.717, 1.165) is 29.1 Å². The molecule has 1 aromatic rings. The molecule has 0 N–H and O–H groups in total. The maximum absolute atomic E-state index is 4.80. The Hall–Kier alpha value is -1.94. The van der Waals surface area contributed by atoms with Gasteiger partial charge in [-0.05, 0) is 31.1 Å². The van der Waals surface area contributed by atoms with Crippen LogP contribution in [0.3, 0.4) is 0 Å². The number of aliphatic imine (C=N–C) groups is 3. The summed E-state index contributed by atoms with van der Waals surface area (Å²) in [7, 11) is 0. The molecule has 1 unspecified atom stereocenters. The van der Waals surface area contributed by atoms with E-state index in [9.17, 15) is 0 Å². The molecule has 0 saturated carbocycles. The van der Waals surface area contributed by atoms with Gasteiger partial charge in [0.2, 0.25) is 0 Å². The summed E-state index contributed by atoms with van der Waals surface area (Å²) in [5.74, 6) is 0. The summed E-state index contributed by atoms with van der Waals surface area (Å²) in [5, 5.41) is 2.05. The molecule has 2 rings (SSSR count). The van der Waals surface area contributed by atoms with E-state index in [-0.39, 0.29) is 6.04 Å². The Kier molecular flexibility index (Phi) is 6.34. The maximum atomic E-state index is 4.80. The third-order valence-corrected chi connectivity index (χ3v) is 3.72. The predicted octanol–water partition coefficient (Wildman–Crippen LogP) is 4.63. The zero-order valence-electron chi connectivity index (χ0n) is 13.2. The standard InChI is InChI=1S/C18H21N3S/c1-4-16-18(13-22-3)20-11-10-19-17(12-14(2)21-16)15-8-6-5-7-9-15/h5-13,16H,4H2,1-3H3/b17-12-,18-13+,19-10-,20-11+,21-14+. The van der Waals surface area contributed by atoms with Crippen molar-refractivity contribution in [1.82, 2.24) is 0 Å². The first-order valence-corrected chi connectivity index (χ1v) is 8.64. The van der Waals surface area contributed by atoms with Crippen molar-refractivity contribution in [3.63, 3.8) is 0 Å². The average molecular weight is 311 g/mol. The summed E-state index contributed by atoms with van der Waals surface area (Å²) in [5.41, 5.74) is 3.93. The van der Waals surface area contributed by atoms with Crippen LogP contribution in [0.4, 0.5) is 0 Å². The Morgan fingerprint density at radius 2 is 1.86 bits per heavy atom. The van der Waals surface area contributed by atoms with Gasteiger partial charge >= 0.3 is 0 Å². The molecule has 0 fully saturated rings. The minimum absolute atomic E-state index is 0.0865. The maximum Gasteiger partial charge on any atom is 0.0925 e. The smallest absolute Gasteiger partial charge is 0.0925 e. The van der Waals surface area contributed by atoms with E-state index in [1.165, 1.54) is 0 Å². The Bertz CT molecular complexity index is 640. The number of hydrogen-bond donors (Lipinski definition) is 0. The lowest BCUT2D eigenvalue weighted by molar-refractivity contribution is 0.737. The van der Waals surface area contributed by atoms with E-state index in [1.807, 2.05) is 37.5 Å². The van der Waals surface area contributed by atoms with Crippen LogP contribution >= 0.6 is 11.8 Å². The van der Waals surface area contributed by atoms with E-state index in [1.54, 1.807) is 24.2 Å². The number of thioether (sulfide) groups is 1. The second kappa shape index (κ2) is 8.49. The van der Waals surface area contributed by atoms with Crippen molar-refractivity contribution >= 4 is 35.6 Å². The van der Waals surface area contributed by atoms with Crippen LogP contribution in [-0.4, -0.2) is 30.4 Å². The largest absolute Gasteiger partial charge is 0.280 e. The van der Waals surface area contributed by atoms with Crippen molar-refractivity contribution in [3.05, 3.63) is 53.1 Å². The second-order valence-electron chi connectivity index (χ2n) is 4.92. The molecule has 0 amide bonds. The first kappa shape index (κ1) is 16.4. The molecule has 1 heterocycles. The van der Waals surface area contributed by atoms with Crippen LogP contribution in [0.5, 0.6) is 0 Å². The third kappa shape index (κ3) is 4.53. The Labute approximate surface area is 136 Å². The SMILES string of the molecule is CCC1/N=C(C)/C=C(c2ccccc2)\N=C/C=N/C1=C/SC.